The summed E-state index contributed by atoms with van der Waals surface area (Å²) in [6, 6.07) is 5.94. The first-order valence-electron chi connectivity index (χ1n) is 6.53. The number of oxazole rings is 1. The third kappa shape index (κ3) is 3.24. The van der Waals surface area contributed by atoms with Gasteiger partial charge in [-0.3, -0.25) is 4.57 Å². The molecule has 0 fully saturated rings. The summed E-state index contributed by atoms with van der Waals surface area (Å²) in [5.41, 5.74) is 2.66. The first kappa shape index (κ1) is 13.8. The molecule has 104 valence electrons. The predicted molar refractivity (Wildman–Crippen MR) is 76.3 cm³/mol. The zero-order valence-electron chi connectivity index (χ0n) is 11.8. The maximum absolute atomic E-state index is 11.4. The molecule has 1 aromatic heterocycles. The van der Waals surface area contributed by atoms with E-state index >= 15 is 0 Å². The van der Waals surface area contributed by atoms with Gasteiger partial charge in [0.05, 0.1) is 5.52 Å². The molecule has 1 heterocycles. The lowest BCUT2D eigenvalue weighted by atomic mass is 10.2. The van der Waals surface area contributed by atoms with Crippen molar-refractivity contribution in [2.75, 3.05) is 27.2 Å². The minimum absolute atomic E-state index is 0.311. The molecule has 0 saturated carbocycles. The first-order valence-corrected chi connectivity index (χ1v) is 6.53. The van der Waals surface area contributed by atoms with E-state index in [4.69, 9.17) is 4.42 Å². The standard InChI is InChI=1S/C14H21N3O2/c1-15-7-4-8-16(2)10-11-5-6-12-13(9-11)19-14(18)17(12)3/h5-6,9,15H,4,7-8,10H2,1-3H3. The smallest absolute Gasteiger partial charge is 0.408 e. The Morgan fingerprint density at radius 1 is 1.42 bits per heavy atom. The molecule has 2 rings (SSSR count). The summed E-state index contributed by atoms with van der Waals surface area (Å²) in [7, 11) is 5.78. The Labute approximate surface area is 112 Å². The highest BCUT2D eigenvalue weighted by molar-refractivity contribution is 5.73. The molecule has 0 unspecified atom stereocenters. The molecule has 1 aromatic carbocycles. The summed E-state index contributed by atoms with van der Waals surface area (Å²) in [5, 5.41) is 3.14. The molecule has 0 bridgehead atoms. The summed E-state index contributed by atoms with van der Waals surface area (Å²) in [5.74, 6) is -0.311. The Kier molecular flexibility index (Phi) is 4.39. The normalized spacial score (nSPS) is 11.6. The molecule has 1 N–H and O–H groups in total. The molecule has 5 nitrogen and oxygen atoms in total. The number of nitrogens with one attached hydrogen (secondary N) is 1. The minimum atomic E-state index is -0.311. The van der Waals surface area contributed by atoms with E-state index in [-0.39, 0.29) is 5.76 Å². The second kappa shape index (κ2) is 6.04. The van der Waals surface area contributed by atoms with Crippen LogP contribution < -0.4 is 11.1 Å². The molecule has 0 spiro atoms. The Bertz CT molecular complexity index is 600. The van der Waals surface area contributed by atoms with Crippen molar-refractivity contribution >= 4 is 11.1 Å². The Morgan fingerprint density at radius 3 is 2.95 bits per heavy atom. The lowest BCUT2D eigenvalue weighted by molar-refractivity contribution is 0.321. The van der Waals surface area contributed by atoms with Crippen molar-refractivity contribution in [3.05, 3.63) is 34.3 Å². The lowest BCUT2D eigenvalue weighted by Gasteiger charge is -2.16. The third-order valence-corrected chi connectivity index (χ3v) is 3.28. The highest BCUT2D eigenvalue weighted by Crippen LogP contribution is 2.15. The molecular weight excluding hydrogens is 242 g/mol. The van der Waals surface area contributed by atoms with Crippen LogP contribution in [0, 0.1) is 0 Å². The van der Waals surface area contributed by atoms with Crippen LogP contribution >= 0.6 is 0 Å². The van der Waals surface area contributed by atoms with Crippen molar-refractivity contribution in [3.63, 3.8) is 0 Å². The van der Waals surface area contributed by atoms with Gasteiger partial charge in [-0.1, -0.05) is 6.07 Å². The number of hydrogen-bond donors (Lipinski definition) is 1. The maximum Gasteiger partial charge on any atom is 0.419 e. The van der Waals surface area contributed by atoms with Crippen LogP contribution in [0.1, 0.15) is 12.0 Å². The van der Waals surface area contributed by atoms with E-state index in [1.807, 2.05) is 25.2 Å². The monoisotopic (exact) mass is 263 g/mol. The van der Waals surface area contributed by atoms with Crippen LogP contribution in [0.15, 0.2) is 27.4 Å². The van der Waals surface area contributed by atoms with Crippen LogP contribution in [-0.4, -0.2) is 36.7 Å². The highest BCUT2D eigenvalue weighted by Gasteiger charge is 2.07. The van der Waals surface area contributed by atoms with Crippen molar-refractivity contribution < 1.29 is 4.42 Å². The molecule has 0 aliphatic rings. The van der Waals surface area contributed by atoms with Crippen LogP contribution in [0.5, 0.6) is 0 Å². The summed E-state index contributed by atoms with van der Waals surface area (Å²) in [4.78, 5) is 13.7. The van der Waals surface area contributed by atoms with Crippen molar-refractivity contribution in [1.82, 2.24) is 14.8 Å². The molecule has 0 aliphatic carbocycles. The number of hydrogen-bond acceptors (Lipinski definition) is 4. The van der Waals surface area contributed by atoms with E-state index in [1.165, 1.54) is 4.57 Å². The van der Waals surface area contributed by atoms with Gasteiger partial charge >= 0.3 is 5.76 Å². The molecule has 0 saturated heterocycles. The Morgan fingerprint density at radius 2 is 2.21 bits per heavy atom. The average Bonchev–Trinajstić information content (AvgIpc) is 2.65. The fourth-order valence-corrected chi connectivity index (χ4v) is 2.19. The van der Waals surface area contributed by atoms with Gasteiger partial charge in [-0.05, 0) is 51.3 Å². The van der Waals surface area contributed by atoms with Gasteiger partial charge in [-0.15, -0.1) is 0 Å². The molecular formula is C14H21N3O2. The summed E-state index contributed by atoms with van der Waals surface area (Å²) < 4.78 is 6.72. The molecule has 2 aromatic rings. The predicted octanol–water partition coefficient (Wildman–Crippen LogP) is 1.17. The van der Waals surface area contributed by atoms with Crippen LogP contribution in [0.3, 0.4) is 0 Å². The van der Waals surface area contributed by atoms with Crippen LogP contribution in [0.2, 0.25) is 0 Å². The van der Waals surface area contributed by atoms with Crippen LogP contribution in [0.25, 0.3) is 11.1 Å². The lowest BCUT2D eigenvalue weighted by Crippen LogP contribution is -2.22. The highest BCUT2D eigenvalue weighted by atomic mass is 16.4. The van der Waals surface area contributed by atoms with Crippen LogP contribution in [-0.2, 0) is 13.6 Å². The maximum atomic E-state index is 11.4. The number of aryl methyl sites for hydroxylation is 1. The molecule has 19 heavy (non-hydrogen) atoms. The largest absolute Gasteiger partial charge is 0.419 e. The number of benzene rings is 1. The van der Waals surface area contributed by atoms with Crippen molar-refractivity contribution in [3.8, 4) is 0 Å². The molecule has 5 heteroatoms. The van der Waals surface area contributed by atoms with Gasteiger partial charge in [0, 0.05) is 13.6 Å². The van der Waals surface area contributed by atoms with Gasteiger partial charge in [0.1, 0.15) is 0 Å². The van der Waals surface area contributed by atoms with Gasteiger partial charge < -0.3 is 14.6 Å². The van der Waals surface area contributed by atoms with E-state index in [0.717, 1.165) is 37.1 Å². The quantitative estimate of drug-likeness (QED) is 0.795. The van der Waals surface area contributed by atoms with Gasteiger partial charge in [0.25, 0.3) is 0 Å². The van der Waals surface area contributed by atoms with E-state index in [9.17, 15) is 4.79 Å². The average molecular weight is 263 g/mol. The number of aromatic nitrogens is 1. The number of fused-ring (bicyclic) bond motifs is 1. The van der Waals surface area contributed by atoms with Crippen molar-refractivity contribution in [1.29, 1.82) is 0 Å². The van der Waals surface area contributed by atoms with Gasteiger partial charge in [-0.2, -0.15) is 0 Å². The molecule has 0 atom stereocenters. The molecule has 0 aliphatic heterocycles. The van der Waals surface area contributed by atoms with E-state index < -0.39 is 0 Å². The first-order chi connectivity index (χ1) is 9.11. The van der Waals surface area contributed by atoms with Crippen molar-refractivity contribution in [2.24, 2.45) is 7.05 Å². The van der Waals surface area contributed by atoms with Gasteiger partial charge in [0.15, 0.2) is 5.58 Å². The number of nitrogens with zero attached hydrogens (tertiary/aromatic N) is 2. The van der Waals surface area contributed by atoms with E-state index in [0.29, 0.717) is 5.58 Å². The zero-order valence-corrected chi connectivity index (χ0v) is 11.8. The van der Waals surface area contributed by atoms with E-state index in [2.05, 4.69) is 17.3 Å². The fourth-order valence-electron chi connectivity index (χ4n) is 2.19. The van der Waals surface area contributed by atoms with Crippen molar-refractivity contribution in [2.45, 2.75) is 13.0 Å². The number of rotatable bonds is 6. The fraction of sp³-hybridized carbons (Fsp3) is 0.500. The molecule has 0 amide bonds. The second-order valence-corrected chi connectivity index (χ2v) is 4.92. The third-order valence-electron chi connectivity index (χ3n) is 3.28. The summed E-state index contributed by atoms with van der Waals surface area (Å²) in [6.07, 6.45) is 1.12. The van der Waals surface area contributed by atoms with E-state index in [1.54, 1.807) is 7.05 Å². The Balaban J connectivity index is 2.07. The van der Waals surface area contributed by atoms with Gasteiger partial charge in [0.2, 0.25) is 0 Å². The molecule has 0 radical (unpaired) electrons. The SMILES string of the molecule is CNCCCN(C)Cc1ccc2c(c1)oc(=O)n2C. The van der Waals surface area contributed by atoms with Crippen LogP contribution in [0.4, 0.5) is 0 Å². The second-order valence-electron chi connectivity index (χ2n) is 4.92. The summed E-state index contributed by atoms with van der Waals surface area (Å²) >= 11 is 0. The van der Waals surface area contributed by atoms with Gasteiger partial charge in [-0.25, -0.2) is 4.79 Å². The Hall–Kier alpha value is -1.59. The minimum Gasteiger partial charge on any atom is -0.408 e. The summed E-state index contributed by atoms with van der Waals surface area (Å²) in [6.45, 7) is 2.92. The zero-order chi connectivity index (χ0) is 13.8. The topological polar surface area (TPSA) is 50.4 Å².